The van der Waals surface area contributed by atoms with Gasteiger partial charge in [0, 0.05) is 26.2 Å². The van der Waals surface area contributed by atoms with Crippen molar-refractivity contribution in [2.45, 2.75) is 0 Å². The lowest BCUT2D eigenvalue weighted by Gasteiger charge is -2.34. The number of hydrogen-bond donors (Lipinski definition) is 1. The quantitative estimate of drug-likeness (QED) is 0.744. The van der Waals surface area contributed by atoms with E-state index in [2.05, 4.69) is 16.8 Å². The molecule has 0 aliphatic carbocycles. The van der Waals surface area contributed by atoms with E-state index in [-0.39, 0.29) is 5.75 Å². The van der Waals surface area contributed by atoms with Crippen molar-refractivity contribution >= 4 is 17.2 Å². The second-order valence-electron chi connectivity index (χ2n) is 4.11. The maximum atomic E-state index is 9.74. The lowest BCUT2D eigenvalue weighted by atomic mass is 10.1. The lowest BCUT2D eigenvalue weighted by molar-refractivity contribution is 0.217. The van der Waals surface area contributed by atoms with E-state index in [1.54, 1.807) is 6.07 Å². The molecule has 0 saturated carbocycles. The number of thiocarbonyl (C=S) groups is 1. The van der Waals surface area contributed by atoms with Gasteiger partial charge in [0.25, 0.3) is 0 Å². The number of likely N-dealkylation sites (N-methyl/N-ethyl adjacent to an activating group) is 1. The van der Waals surface area contributed by atoms with Crippen LogP contribution in [0.25, 0.3) is 0 Å². The molecule has 1 heterocycles. The average molecular weight is 236 g/mol. The molecule has 4 heteroatoms. The van der Waals surface area contributed by atoms with Gasteiger partial charge in [-0.25, -0.2) is 0 Å². The summed E-state index contributed by atoms with van der Waals surface area (Å²) in [5.41, 5.74) is 0.766. The Bertz CT molecular complexity index is 386. The Morgan fingerprint density at radius 3 is 2.44 bits per heavy atom. The molecule has 0 spiro atoms. The summed E-state index contributed by atoms with van der Waals surface area (Å²) in [5.74, 6) is 0.270. The van der Waals surface area contributed by atoms with Crippen LogP contribution in [-0.2, 0) is 0 Å². The molecule has 3 nitrogen and oxygen atoms in total. The fourth-order valence-corrected chi connectivity index (χ4v) is 2.19. The first kappa shape index (κ1) is 11.4. The zero-order valence-electron chi connectivity index (χ0n) is 9.39. The second-order valence-corrected chi connectivity index (χ2v) is 4.50. The normalized spacial score (nSPS) is 17.4. The van der Waals surface area contributed by atoms with Crippen molar-refractivity contribution in [3.63, 3.8) is 0 Å². The molecule has 1 aromatic carbocycles. The van der Waals surface area contributed by atoms with Gasteiger partial charge in [0.15, 0.2) is 0 Å². The number of hydrogen-bond acceptors (Lipinski definition) is 3. The zero-order valence-corrected chi connectivity index (χ0v) is 10.2. The van der Waals surface area contributed by atoms with Gasteiger partial charge in [-0.2, -0.15) is 0 Å². The molecule has 86 valence electrons. The van der Waals surface area contributed by atoms with Crippen molar-refractivity contribution in [2.24, 2.45) is 0 Å². The molecule has 0 bridgehead atoms. The number of nitrogens with zero attached hydrogens (tertiary/aromatic N) is 2. The molecule has 16 heavy (non-hydrogen) atoms. The van der Waals surface area contributed by atoms with E-state index in [9.17, 15) is 5.11 Å². The largest absolute Gasteiger partial charge is 0.507 e. The highest BCUT2D eigenvalue weighted by molar-refractivity contribution is 7.80. The first-order valence-corrected chi connectivity index (χ1v) is 5.85. The first-order valence-electron chi connectivity index (χ1n) is 5.44. The lowest BCUT2D eigenvalue weighted by Crippen LogP contribution is -2.46. The fourth-order valence-electron chi connectivity index (χ4n) is 1.83. The Balaban J connectivity index is 2.11. The number of piperazine rings is 1. The summed E-state index contributed by atoms with van der Waals surface area (Å²) in [6, 6.07) is 7.26. The predicted molar refractivity (Wildman–Crippen MR) is 68.9 cm³/mol. The van der Waals surface area contributed by atoms with E-state index < -0.39 is 0 Å². The van der Waals surface area contributed by atoms with Gasteiger partial charge in [-0.1, -0.05) is 24.4 Å². The molecule has 0 atom stereocenters. The monoisotopic (exact) mass is 236 g/mol. The molecule has 1 fully saturated rings. The molecule has 2 rings (SSSR count). The van der Waals surface area contributed by atoms with Crippen LogP contribution in [0.5, 0.6) is 5.75 Å². The van der Waals surface area contributed by atoms with Crippen molar-refractivity contribution < 1.29 is 5.11 Å². The summed E-state index contributed by atoms with van der Waals surface area (Å²) in [5, 5.41) is 9.74. The summed E-state index contributed by atoms with van der Waals surface area (Å²) in [6.07, 6.45) is 0. The topological polar surface area (TPSA) is 26.7 Å². The Morgan fingerprint density at radius 1 is 1.19 bits per heavy atom. The summed E-state index contributed by atoms with van der Waals surface area (Å²) < 4.78 is 0. The molecule has 0 amide bonds. The predicted octanol–water partition coefficient (Wildman–Crippen LogP) is 1.32. The van der Waals surface area contributed by atoms with Gasteiger partial charge in [-0.15, -0.1) is 0 Å². The number of aromatic hydroxyl groups is 1. The Morgan fingerprint density at radius 2 is 1.81 bits per heavy atom. The summed E-state index contributed by atoms with van der Waals surface area (Å²) >= 11 is 5.41. The smallest absolute Gasteiger partial charge is 0.125 e. The van der Waals surface area contributed by atoms with E-state index in [4.69, 9.17) is 12.2 Å². The maximum Gasteiger partial charge on any atom is 0.125 e. The zero-order chi connectivity index (χ0) is 11.5. The highest BCUT2D eigenvalue weighted by Gasteiger charge is 2.18. The van der Waals surface area contributed by atoms with E-state index in [0.29, 0.717) is 0 Å². The van der Waals surface area contributed by atoms with Crippen LogP contribution in [-0.4, -0.2) is 53.1 Å². The van der Waals surface area contributed by atoms with Gasteiger partial charge in [0.05, 0.1) is 5.56 Å². The van der Waals surface area contributed by atoms with Gasteiger partial charge < -0.3 is 14.9 Å². The van der Waals surface area contributed by atoms with Crippen molar-refractivity contribution in [2.75, 3.05) is 33.2 Å². The summed E-state index contributed by atoms with van der Waals surface area (Å²) in [7, 11) is 2.11. The van der Waals surface area contributed by atoms with Crippen LogP contribution in [0.4, 0.5) is 0 Å². The third-order valence-corrected chi connectivity index (χ3v) is 3.40. The minimum atomic E-state index is 0.270. The van der Waals surface area contributed by atoms with Crippen LogP contribution in [0.3, 0.4) is 0 Å². The van der Waals surface area contributed by atoms with E-state index in [1.165, 1.54) is 0 Å². The van der Waals surface area contributed by atoms with Gasteiger partial charge in [-0.05, 0) is 19.2 Å². The molecule has 1 aliphatic heterocycles. The molecule has 1 aliphatic rings. The molecular weight excluding hydrogens is 220 g/mol. The van der Waals surface area contributed by atoms with Crippen LogP contribution in [0.2, 0.25) is 0 Å². The van der Waals surface area contributed by atoms with Crippen molar-refractivity contribution in [1.82, 2.24) is 9.80 Å². The molecule has 0 unspecified atom stereocenters. The molecule has 1 N–H and O–H groups in total. The van der Waals surface area contributed by atoms with Gasteiger partial charge in [-0.3, -0.25) is 0 Å². The number of para-hydroxylation sites is 1. The molecule has 1 aromatic rings. The number of rotatable bonds is 1. The average Bonchev–Trinajstić information content (AvgIpc) is 2.30. The first-order chi connectivity index (χ1) is 7.68. The van der Waals surface area contributed by atoms with E-state index >= 15 is 0 Å². The highest BCUT2D eigenvalue weighted by Crippen LogP contribution is 2.19. The van der Waals surface area contributed by atoms with E-state index in [0.717, 1.165) is 36.7 Å². The van der Waals surface area contributed by atoms with Crippen molar-refractivity contribution in [1.29, 1.82) is 0 Å². The Hall–Kier alpha value is -1.13. The second kappa shape index (κ2) is 4.80. The SMILES string of the molecule is CN1CCN(C(=S)c2ccccc2O)CC1. The van der Waals surface area contributed by atoms with Gasteiger partial charge in [0.1, 0.15) is 10.7 Å². The standard InChI is InChI=1S/C12H16N2OS/c1-13-6-8-14(9-7-13)12(16)10-4-2-3-5-11(10)15/h2-5,15H,6-9H2,1H3. The van der Waals surface area contributed by atoms with Crippen molar-refractivity contribution in [3.05, 3.63) is 29.8 Å². The maximum absolute atomic E-state index is 9.74. The van der Waals surface area contributed by atoms with Crippen LogP contribution in [0.15, 0.2) is 24.3 Å². The number of benzene rings is 1. The van der Waals surface area contributed by atoms with Crippen LogP contribution >= 0.6 is 12.2 Å². The minimum absolute atomic E-state index is 0.270. The molecular formula is C12H16N2OS. The third-order valence-electron chi connectivity index (χ3n) is 2.92. The van der Waals surface area contributed by atoms with Gasteiger partial charge in [0.2, 0.25) is 0 Å². The van der Waals surface area contributed by atoms with Gasteiger partial charge >= 0.3 is 0 Å². The minimum Gasteiger partial charge on any atom is -0.507 e. The van der Waals surface area contributed by atoms with E-state index in [1.807, 2.05) is 18.2 Å². The van der Waals surface area contributed by atoms with Crippen LogP contribution in [0, 0.1) is 0 Å². The molecule has 0 radical (unpaired) electrons. The van der Waals surface area contributed by atoms with Crippen LogP contribution < -0.4 is 0 Å². The molecule has 0 aromatic heterocycles. The Kier molecular flexibility index (Phi) is 3.41. The fraction of sp³-hybridized carbons (Fsp3) is 0.417. The third kappa shape index (κ3) is 2.33. The van der Waals surface area contributed by atoms with Crippen molar-refractivity contribution in [3.8, 4) is 5.75 Å². The Labute approximate surface area is 101 Å². The highest BCUT2D eigenvalue weighted by atomic mass is 32.1. The number of phenolic OH excluding ortho intramolecular Hbond substituents is 1. The summed E-state index contributed by atoms with van der Waals surface area (Å²) in [4.78, 5) is 5.19. The van der Waals surface area contributed by atoms with Crippen LogP contribution in [0.1, 0.15) is 5.56 Å². The summed E-state index contributed by atoms with van der Waals surface area (Å²) in [6.45, 7) is 3.91. The number of phenols is 1. The molecule has 1 saturated heterocycles.